The molecular weight excluding hydrogens is 340 g/mol. The molecule has 0 atom stereocenters. The molecule has 2 aromatic heterocycles. The number of benzene rings is 1. The summed E-state index contributed by atoms with van der Waals surface area (Å²) in [5.74, 6) is -0.459. The number of amides is 1. The standard InChI is InChI=1S/C17H16N4O3S/c1-10-11(2)25-17-19-16(20-21(10)17)18-14(22)9-6-12-4-7-13(8-5-12)15(23)24-3/h4-9H,1-3H3,(H,18,20,22)/b9-6+. The van der Waals surface area contributed by atoms with Crippen LogP contribution in [0.25, 0.3) is 11.0 Å². The van der Waals surface area contributed by atoms with Crippen LogP contribution in [0.15, 0.2) is 30.3 Å². The smallest absolute Gasteiger partial charge is 0.337 e. The maximum Gasteiger partial charge on any atom is 0.337 e. The van der Waals surface area contributed by atoms with E-state index in [0.717, 1.165) is 21.1 Å². The second kappa shape index (κ2) is 6.86. The molecular formula is C17H16N4O3S. The van der Waals surface area contributed by atoms with E-state index in [1.54, 1.807) is 34.9 Å². The molecule has 0 aliphatic heterocycles. The summed E-state index contributed by atoms with van der Waals surface area (Å²) in [6.07, 6.45) is 3.03. The molecule has 2 heterocycles. The molecule has 8 heteroatoms. The summed E-state index contributed by atoms with van der Waals surface area (Å²) in [6, 6.07) is 6.74. The van der Waals surface area contributed by atoms with E-state index in [1.165, 1.54) is 24.5 Å². The number of fused-ring (bicyclic) bond motifs is 1. The molecule has 0 radical (unpaired) electrons. The van der Waals surface area contributed by atoms with Crippen molar-refractivity contribution in [3.8, 4) is 0 Å². The minimum absolute atomic E-state index is 0.269. The van der Waals surface area contributed by atoms with Gasteiger partial charge in [-0.1, -0.05) is 23.5 Å². The number of ether oxygens (including phenoxy) is 1. The Morgan fingerprint density at radius 1 is 1.24 bits per heavy atom. The molecule has 0 aliphatic carbocycles. The number of carbonyl (C=O) groups is 2. The summed E-state index contributed by atoms with van der Waals surface area (Å²) in [7, 11) is 1.33. The normalized spacial score (nSPS) is 11.2. The van der Waals surface area contributed by atoms with Crippen molar-refractivity contribution in [1.82, 2.24) is 14.6 Å². The van der Waals surface area contributed by atoms with Crippen molar-refractivity contribution in [2.75, 3.05) is 12.4 Å². The minimum Gasteiger partial charge on any atom is -0.465 e. The van der Waals surface area contributed by atoms with E-state index < -0.39 is 5.97 Å². The summed E-state index contributed by atoms with van der Waals surface area (Å²) < 4.78 is 6.35. The van der Waals surface area contributed by atoms with Gasteiger partial charge in [0.1, 0.15) is 0 Å². The number of nitrogens with zero attached hydrogens (tertiary/aromatic N) is 3. The van der Waals surface area contributed by atoms with Crippen LogP contribution in [0, 0.1) is 13.8 Å². The molecule has 25 heavy (non-hydrogen) atoms. The number of aryl methyl sites for hydroxylation is 2. The first-order valence-corrected chi connectivity index (χ1v) is 8.30. The van der Waals surface area contributed by atoms with Crippen LogP contribution in [0.1, 0.15) is 26.5 Å². The Morgan fingerprint density at radius 3 is 2.60 bits per heavy atom. The summed E-state index contributed by atoms with van der Waals surface area (Å²) in [5, 5.41) is 6.90. The molecule has 7 nitrogen and oxygen atoms in total. The van der Waals surface area contributed by atoms with E-state index in [2.05, 4.69) is 20.1 Å². The van der Waals surface area contributed by atoms with E-state index in [4.69, 9.17) is 0 Å². The van der Waals surface area contributed by atoms with Crippen LogP contribution >= 0.6 is 11.3 Å². The predicted octanol–water partition coefficient (Wildman–Crippen LogP) is 2.85. The van der Waals surface area contributed by atoms with Gasteiger partial charge in [-0.15, -0.1) is 5.10 Å². The van der Waals surface area contributed by atoms with Crippen molar-refractivity contribution in [1.29, 1.82) is 0 Å². The van der Waals surface area contributed by atoms with Gasteiger partial charge in [-0.3, -0.25) is 10.1 Å². The molecule has 3 rings (SSSR count). The third-order valence-corrected chi connectivity index (χ3v) is 4.69. The van der Waals surface area contributed by atoms with Crippen LogP contribution in [0.4, 0.5) is 5.95 Å². The van der Waals surface area contributed by atoms with Crippen molar-refractivity contribution in [3.05, 3.63) is 52.0 Å². The molecule has 0 saturated carbocycles. The van der Waals surface area contributed by atoms with Crippen molar-refractivity contribution < 1.29 is 14.3 Å². The lowest BCUT2D eigenvalue weighted by molar-refractivity contribution is -0.111. The van der Waals surface area contributed by atoms with Crippen LogP contribution < -0.4 is 5.32 Å². The molecule has 0 unspecified atom stereocenters. The number of hydrogen-bond donors (Lipinski definition) is 1. The fourth-order valence-corrected chi connectivity index (χ4v) is 3.07. The zero-order valence-corrected chi connectivity index (χ0v) is 14.8. The topological polar surface area (TPSA) is 85.6 Å². The van der Waals surface area contributed by atoms with E-state index in [1.807, 2.05) is 13.8 Å². The number of nitrogens with one attached hydrogen (secondary N) is 1. The van der Waals surface area contributed by atoms with Crippen molar-refractivity contribution >= 4 is 40.2 Å². The molecule has 1 N–H and O–H groups in total. The first kappa shape index (κ1) is 16.8. The number of thiazole rings is 1. The number of rotatable bonds is 4. The maximum atomic E-state index is 12.0. The molecule has 3 aromatic rings. The Hall–Kier alpha value is -3.00. The molecule has 0 fully saturated rings. The fourth-order valence-electron chi connectivity index (χ4n) is 2.17. The largest absolute Gasteiger partial charge is 0.465 e. The number of hydrogen-bond acceptors (Lipinski definition) is 6. The van der Waals surface area contributed by atoms with Crippen LogP contribution in [0.5, 0.6) is 0 Å². The van der Waals surface area contributed by atoms with Gasteiger partial charge in [0.25, 0.3) is 11.9 Å². The molecule has 1 amide bonds. The summed E-state index contributed by atoms with van der Waals surface area (Å²) in [4.78, 5) is 29.5. The van der Waals surface area contributed by atoms with Gasteiger partial charge in [0, 0.05) is 11.0 Å². The molecule has 0 bridgehead atoms. The lowest BCUT2D eigenvalue weighted by atomic mass is 10.1. The summed E-state index contributed by atoms with van der Waals surface area (Å²) in [6.45, 7) is 3.96. The van der Waals surface area contributed by atoms with Gasteiger partial charge < -0.3 is 4.74 Å². The van der Waals surface area contributed by atoms with Gasteiger partial charge in [0.05, 0.1) is 18.4 Å². The first-order chi connectivity index (χ1) is 12.0. The fraction of sp³-hybridized carbons (Fsp3) is 0.176. The zero-order chi connectivity index (χ0) is 18.0. The van der Waals surface area contributed by atoms with Gasteiger partial charge in [-0.25, -0.2) is 9.31 Å². The van der Waals surface area contributed by atoms with Crippen molar-refractivity contribution in [3.63, 3.8) is 0 Å². The highest BCUT2D eigenvalue weighted by atomic mass is 32.1. The van der Waals surface area contributed by atoms with Gasteiger partial charge in [0.15, 0.2) is 0 Å². The molecule has 0 aliphatic rings. The number of aromatic nitrogens is 3. The van der Waals surface area contributed by atoms with E-state index in [9.17, 15) is 9.59 Å². The van der Waals surface area contributed by atoms with Crippen LogP contribution in [-0.4, -0.2) is 33.6 Å². The number of esters is 1. The number of anilines is 1. The Morgan fingerprint density at radius 2 is 1.96 bits per heavy atom. The average molecular weight is 356 g/mol. The quantitative estimate of drug-likeness (QED) is 0.574. The Balaban J connectivity index is 1.66. The Kier molecular flexibility index (Phi) is 4.62. The van der Waals surface area contributed by atoms with Crippen molar-refractivity contribution in [2.24, 2.45) is 0 Å². The third-order valence-electron chi connectivity index (χ3n) is 3.64. The molecule has 0 spiro atoms. The van der Waals surface area contributed by atoms with E-state index in [-0.39, 0.29) is 11.9 Å². The number of methoxy groups -OCH3 is 1. The molecule has 1 aromatic carbocycles. The van der Waals surface area contributed by atoms with Gasteiger partial charge in [0.2, 0.25) is 4.96 Å². The van der Waals surface area contributed by atoms with Crippen LogP contribution in [-0.2, 0) is 9.53 Å². The lowest BCUT2D eigenvalue weighted by Gasteiger charge is -1.99. The Labute approximate surface area is 148 Å². The van der Waals surface area contributed by atoms with E-state index >= 15 is 0 Å². The van der Waals surface area contributed by atoms with Gasteiger partial charge in [-0.05, 0) is 37.6 Å². The Bertz CT molecular complexity index is 970. The SMILES string of the molecule is COC(=O)c1ccc(/C=C/C(=O)Nc2nc3sc(C)c(C)n3n2)cc1. The predicted molar refractivity (Wildman–Crippen MR) is 95.8 cm³/mol. The summed E-state index contributed by atoms with van der Waals surface area (Å²) >= 11 is 1.52. The number of carbonyl (C=O) groups excluding carboxylic acids is 2. The maximum absolute atomic E-state index is 12.0. The average Bonchev–Trinajstić information content (AvgIpc) is 3.11. The highest BCUT2D eigenvalue weighted by Gasteiger charge is 2.11. The molecule has 0 saturated heterocycles. The monoisotopic (exact) mass is 356 g/mol. The van der Waals surface area contributed by atoms with Gasteiger partial charge >= 0.3 is 5.97 Å². The minimum atomic E-state index is -0.398. The zero-order valence-electron chi connectivity index (χ0n) is 13.9. The highest BCUT2D eigenvalue weighted by Crippen LogP contribution is 2.21. The van der Waals surface area contributed by atoms with Crippen LogP contribution in [0.3, 0.4) is 0 Å². The van der Waals surface area contributed by atoms with E-state index in [0.29, 0.717) is 5.56 Å². The second-order valence-corrected chi connectivity index (χ2v) is 6.49. The lowest BCUT2D eigenvalue weighted by Crippen LogP contribution is -2.09. The summed E-state index contributed by atoms with van der Waals surface area (Å²) in [5.41, 5.74) is 2.25. The van der Waals surface area contributed by atoms with Crippen molar-refractivity contribution in [2.45, 2.75) is 13.8 Å². The first-order valence-electron chi connectivity index (χ1n) is 7.48. The second-order valence-electron chi connectivity index (χ2n) is 5.31. The van der Waals surface area contributed by atoms with Crippen LogP contribution in [0.2, 0.25) is 0 Å². The third kappa shape index (κ3) is 3.58. The molecule has 128 valence electrons. The van der Waals surface area contributed by atoms with Gasteiger partial charge in [-0.2, -0.15) is 4.98 Å². The highest BCUT2D eigenvalue weighted by molar-refractivity contribution is 7.17.